The number of fused-ring (bicyclic) bond motifs is 1. The highest BCUT2D eigenvalue weighted by atomic mass is 79.9. The van der Waals surface area contributed by atoms with E-state index in [1.165, 1.54) is 4.90 Å². The maximum Gasteiger partial charge on any atom is 0.299 e. The van der Waals surface area contributed by atoms with E-state index in [0.29, 0.717) is 22.7 Å². The molecule has 0 spiro atoms. The number of methoxy groups -OCH3 is 1. The number of benzene rings is 2. The molecule has 2 aromatic carbocycles. The second kappa shape index (κ2) is 6.42. The third-order valence-corrected chi connectivity index (χ3v) is 4.07. The lowest BCUT2D eigenvalue weighted by atomic mass is 10.1. The Balaban J connectivity index is 1.72. The Morgan fingerprint density at radius 2 is 1.83 bits per heavy atom. The Kier molecular flexibility index (Phi) is 4.34. The molecule has 0 saturated heterocycles. The first-order chi connectivity index (χ1) is 11.1. The van der Waals surface area contributed by atoms with Crippen LogP contribution in [0.3, 0.4) is 0 Å². The highest BCUT2D eigenvalue weighted by molar-refractivity contribution is 9.10. The maximum absolute atomic E-state index is 12.1. The first kappa shape index (κ1) is 15.6. The molecule has 0 saturated carbocycles. The average molecular weight is 376 g/mol. The number of ketones is 1. The number of halogens is 1. The Morgan fingerprint density at radius 1 is 1.09 bits per heavy atom. The Bertz CT molecular complexity index is 775. The Labute approximate surface area is 141 Å². The fourth-order valence-corrected chi connectivity index (χ4v) is 2.84. The first-order valence-electron chi connectivity index (χ1n) is 7.03. The molecule has 0 aliphatic carbocycles. The number of Topliss-reactive ketones (excluding diaryl/α,β-unsaturated/α-hetero) is 1. The molecular weight excluding hydrogens is 362 g/mol. The molecule has 0 radical (unpaired) electrons. The van der Waals surface area contributed by atoms with Crippen LogP contribution >= 0.6 is 15.9 Å². The van der Waals surface area contributed by atoms with Gasteiger partial charge in [-0.1, -0.05) is 28.1 Å². The van der Waals surface area contributed by atoms with Gasteiger partial charge in [-0.2, -0.15) is 0 Å². The molecular formula is C17H14BrNO4. The van der Waals surface area contributed by atoms with E-state index >= 15 is 0 Å². The number of hydrogen-bond acceptors (Lipinski definition) is 4. The van der Waals surface area contributed by atoms with Gasteiger partial charge in [-0.3, -0.25) is 9.59 Å². The molecule has 0 N–H and O–H groups in total. The van der Waals surface area contributed by atoms with Crippen LogP contribution in [0.5, 0.6) is 11.5 Å². The standard InChI is InChI=1S/C17H14BrNO4/c1-22-14-4-2-3-5-15(14)23-9-8-19-13-7-6-11(18)10-12(13)16(20)17(19)21/h2-7,10H,8-9H2,1H3. The number of anilines is 1. The van der Waals surface area contributed by atoms with Crippen LogP contribution in [0.25, 0.3) is 0 Å². The zero-order valence-electron chi connectivity index (χ0n) is 12.4. The van der Waals surface area contributed by atoms with Crippen molar-refractivity contribution in [1.82, 2.24) is 0 Å². The van der Waals surface area contributed by atoms with E-state index in [1.54, 1.807) is 37.4 Å². The molecule has 0 unspecified atom stereocenters. The SMILES string of the molecule is COc1ccccc1OCCN1C(=O)C(=O)c2cc(Br)ccc21. The number of ether oxygens (including phenoxy) is 2. The molecule has 3 rings (SSSR count). The predicted octanol–water partition coefficient (Wildman–Crippen LogP) is 3.07. The molecule has 1 heterocycles. The molecule has 6 heteroatoms. The van der Waals surface area contributed by atoms with E-state index in [-0.39, 0.29) is 13.2 Å². The van der Waals surface area contributed by atoms with Crippen LogP contribution < -0.4 is 14.4 Å². The smallest absolute Gasteiger partial charge is 0.299 e. The van der Waals surface area contributed by atoms with Gasteiger partial charge < -0.3 is 14.4 Å². The average Bonchev–Trinajstić information content (AvgIpc) is 2.80. The van der Waals surface area contributed by atoms with Gasteiger partial charge in [-0.25, -0.2) is 0 Å². The zero-order valence-corrected chi connectivity index (χ0v) is 14.0. The molecule has 0 bridgehead atoms. The summed E-state index contributed by atoms with van der Waals surface area (Å²) in [5.41, 5.74) is 1.04. The molecule has 2 aromatic rings. The molecule has 0 atom stereocenters. The van der Waals surface area contributed by atoms with Crippen molar-refractivity contribution in [3.8, 4) is 11.5 Å². The second-order valence-corrected chi connectivity index (χ2v) is 5.86. The minimum Gasteiger partial charge on any atom is -0.493 e. The highest BCUT2D eigenvalue weighted by Gasteiger charge is 2.35. The number of hydrogen-bond donors (Lipinski definition) is 0. The molecule has 0 fully saturated rings. The van der Waals surface area contributed by atoms with Crippen molar-refractivity contribution in [2.24, 2.45) is 0 Å². The Hall–Kier alpha value is -2.34. The number of nitrogens with zero attached hydrogens (tertiary/aromatic N) is 1. The summed E-state index contributed by atoms with van der Waals surface area (Å²) >= 11 is 3.31. The molecule has 118 valence electrons. The largest absolute Gasteiger partial charge is 0.493 e. The van der Waals surface area contributed by atoms with E-state index in [9.17, 15) is 9.59 Å². The van der Waals surface area contributed by atoms with Gasteiger partial charge in [0.2, 0.25) is 0 Å². The maximum atomic E-state index is 12.1. The van der Waals surface area contributed by atoms with Crippen LogP contribution in [0.4, 0.5) is 5.69 Å². The van der Waals surface area contributed by atoms with E-state index in [0.717, 1.165) is 4.47 Å². The quantitative estimate of drug-likeness (QED) is 0.753. The molecule has 1 amide bonds. The molecule has 0 aromatic heterocycles. The van der Waals surface area contributed by atoms with Gasteiger partial charge in [0.25, 0.3) is 11.7 Å². The van der Waals surface area contributed by atoms with Crippen molar-refractivity contribution in [3.63, 3.8) is 0 Å². The molecule has 1 aliphatic heterocycles. The van der Waals surface area contributed by atoms with Gasteiger partial charge in [-0.15, -0.1) is 0 Å². The van der Waals surface area contributed by atoms with Gasteiger partial charge in [0.05, 0.1) is 24.9 Å². The van der Waals surface area contributed by atoms with Gasteiger partial charge in [0.15, 0.2) is 11.5 Å². The highest BCUT2D eigenvalue weighted by Crippen LogP contribution is 2.31. The van der Waals surface area contributed by atoms with Crippen molar-refractivity contribution in [2.75, 3.05) is 25.2 Å². The molecule has 5 nitrogen and oxygen atoms in total. The summed E-state index contributed by atoms with van der Waals surface area (Å²) < 4.78 is 11.7. The summed E-state index contributed by atoms with van der Waals surface area (Å²) in [6.45, 7) is 0.548. The number of carbonyl (C=O) groups is 2. The predicted molar refractivity (Wildman–Crippen MR) is 89.3 cm³/mol. The van der Waals surface area contributed by atoms with Crippen LogP contribution in [-0.2, 0) is 4.79 Å². The van der Waals surface area contributed by atoms with Crippen LogP contribution in [0.1, 0.15) is 10.4 Å². The van der Waals surface area contributed by atoms with Crippen molar-refractivity contribution >= 4 is 33.3 Å². The Morgan fingerprint density at radius 3 is 2.57 bits per heavy atom. The van der Waals surface area contributed by atoms with Crippen LogP contribution in [0.2, 0.25) is 0 Å². The lowest BCUT2D eigenvalue weighted by Gasteiger charge is -2.17. The zero-order chi connectivity index (χ0) is 16.4. The second-order valence-electron chi connectivity index (χ2n) is 4.95. The van der Waals surface area contributed by atoms with E-state index < -0.39 is 11.7 Å². The summed E-state index contributed by atoms with van der Waals surface area (Å²) in [7, 11) is 1.57. The summed E-state index contributed by atoms with van der Waals surface area (Å²) in [4.78, 5) is 25.6. The van der Waals surface area contributed by atoms with Crippen molar-refractivity contribution in [3.05, 3.63) is 52.5 Å². The topological polar surface area (TPSA) is 55.8 Å². The fraction of sp³-hybridized carbons (Fsp3) is 0.176. The van der Waals surface area contributed by atoms with Gasteiger partial charge in [-0.05, 0) is 30.3 Å². The van der Waals surface area contributed by atoms with Crippen LogP contribution in [0, 0.1) is 0 Å². The third-order valence-electron chi connectivity index (χ3n) is 3.57. The fourth-order valence-electron chi connectivity index (χ4n) is 2.48. The molecule has 1 aliphatic rings. The van der Waals surface area contributed by atoms with Gasteiger partial charge in [0, 0.05) is 4.47 Å². The van der Waals surface area contributed by atoms with E-state index in [4.69, 9.17) is 9.47 Å². The van der Waals surface area contributed by atoms with E-state index in [2.05, 4.69) is 15.9 Å². The minimum absolute atomic E-state index is 0.259. The van der Waals surface area contributed by atoms with Gasteiger partial charge in [0.1, 0.15) is 6.61 Å². The molecule has 23 heavy (non-hydrogen) atoms. The third kappa shape index (κ3) is 2.94. The summed E-state index contributed by atoms with van der Waals surface area (Å²) in [6, 6.07) is 12.5. The summed E-state index contributed by atoms with van der Waals surface area (Å²) in [6.07, 6.45) is 0. The first-order valence-corrected chi connectivity index (χ1v) is 7.82. The van der Waals surface area contributed by atoms with Crippen LogP contribution in [0.15, 0.2) is 46.9 Å². The number of amides is 1. The van der Waals surface area contributed by atoms with Crippen molar-refractivity contribution in [2.45, 2.75) is 0 Å². The summed E-state index contributed by atoms with van der Waals surface area (Å²) in [5, 5.41) is 0. The lowest BCUT2D eigenvalue weighted by Crippen LogP contribution is -2.33. The van der Waals surface area contributed by atoms with Crippen LogP contribution in [-0.4, -0.2) is 32.0 Å². The van der Waals surface area contributed by atoms with Gasteiger partial charge >= 0.3 is 0 Å². The van der Waals surface area contributed by atoms with E-state index in [1.807, 2.05) is 12.1 Å². The number of para-hydroxylation sites is 2. The monoisotopic (exact) mass is 375 g/mol. The van der Waals surface area contributed by atoms with Crippen molar-refractivity contribution < 1.29 is 19.1 Å². The summed E-state index contributed by atoms with van der Waals surface area (Å²) in [5.74, 6) is 0.213. The van der Waals surface area contributed by atoms with Crippen molar-refractivity contribution in [1.29, 1.82) is 0 Å². The number of carbonyl (C=O) groups excluding carboxylic acids is 2. The number of rotatable bonds is 5. The lowest BCUT2D eigenvalue weighted by molar-refractivity contribution is -0.114. The normalized spacial score (nSPS) is 13.2. The minimum atomic E-state index is -0.526.